The van der Waals surface area contributed by atoms with Crippen LogP contribution in [0.2, 0.25) is 0 Å². The number of ether oxygens (including phenoxy) is 1. The van der Waals surface area contributed by atoms with E-state index in [1.54, 1.807) is 0 Å². The van der Waals surface area contributed by atoms with Crippen LogP contribution in [-0.2, 0) is 9.53 Å². The van der Waals surface area contributed by atoms with Crippen molar-refractivity contribution in [3.05, 3.63) is 12.2 Å². The molecule has 2 nitrogen and oxygen atoms in total. The molecule has 0 heterocycles. The first kappa shape index (κ1) is 10.3. The Kier molecular flexibility index (Phi) is 3.52. The van der Waals surface area contributed by atoms with Gasteiger partial charge in [0.2, 0.25) is 0 Å². The van der Waals surface area contributed by atoms with Gasteiger partial charge in [-0.05, 0) is 32.1 Å². The molecule has 0 aromatic heterocycles. The zero-order chi connectivity index (χ0) is 9.84. The van der Waals surface area contributed by atoms with Crippen molar-refractivity contribution in [2.75, 3.05) is 0 Å². The van der Waals surface area contributed by atoms with E-state index in [1.165, 1.54) is 6.42 Å². The summed E-state index contributed by atoms with van der Waals surface area (Å²) < 4.78 is 5.09. The van der Waals surface area contributed by atoms with Gasteiger partial charge in [-0.3, -0.25) is 4.79 Å². The van der Waals surface area contributed by atoms with Gasteiger partial charge in [-0.25, -0.2) is 0 Å². The van der Waals surface area contributed by atoms with E-state index in [0.717, 1.165) is 18.4 Å². The number of rotatable bonds is 3. The minimum absolute atomic E-state index is 0.0683. The largest absolute Gasteiger partial charge is 0.464 e. The lowest BCUT2D eigenvalue weighted by atomic mass is 9.78. The highest BCUT2D eigenvalue weighted by Gasteiger charge is 2.30. The Bertz CT molecular complexity index is 198. The van der Waals surface area contributed by atoms with Gasteiger partial charge in [0.15, 0.2) is 0 Å². The van der Waals surface area contributed by atoms with Crippen LogP contribution in [0.4, 0.5) is 0 Å². The third-order valence-corrected chi connectivity index (χ3v) is 2.92. The molecule has 0 aromatic rings. The quantitative estimate of drug-likeness (QED) is 0.495. The molecule has 0 spiro atoms. The van der Waals surface area contributed by atoms with Gasteiger partial charge < -0.3 is 4.74 Å². The molecule has 13 heavy (non-hydrogen) atoms. The molecule has 1 rings (SSSR count). The Labute approximate surface area is 80.0 Å². The smallest absolute Gasteiger partial charge is 0.293 e. The normalized spacial score (nSPS) is 33.8. The number of carbonyl (C=O) groups is 1. The third-order valence-electron chi connectivity index (χ3n) is 2.92. The van der Waals surface area contributed by atoms with Crippen LogP contribution in [0.1, 0.15) is 33.1 Å². The molecule has 0 N–H and O–H groups in total. The van der Waals surface area contributed by atoms with Crippen LogP contribution in [0, 0.1) is 11.8 Å². The molecule has 0 aromatic carbocycles. The fourth-order valence-electron chi connectivity index (χ4n) is 2.11. The summed E-state index contributed by atoms with van der Waals surface area (Å²) in [6.45, 7) is 8.73. The highest BCUT2D eigenvalue weighted by molar-refractivity contribution is 5.37. The second kappa shape index (κ2) is 4.45. The highest BCUT2D eigenvalue weighted by Crippen LogP contribution is 2.34. The molecule has 1 saturated carbocycles. The summed E-state index contributed by atoms with van der Waals surface area (Å²) in [5.41, 5.74) is 1.14. The first-order chi connectivity index (χ1) is 6.15. The predicted molar refractivity (Wildman–Crippen MR) is 52.3 cm³/mol. The van der Waals surface area contributed by atoms with E-state index in [4.69, 9.17) is 4.74 Å². The molecular weight excluding hydrogens is 164 g/mol. The van der Waals surface area contributed by atoms with Gasteiger partial charge >= 0.3 is 0 Å². The van der Waals surface area contributed by atoms with Crippen molar-refractivity contribution in [3.8, 4) is 0 Å². The van der Waals surface area contributed by atoms with Crippen molar-refractivity contribution in [2.45, 2.75) is 39.2 Å². The van der Waals surface area contributed by atoms with E-state index in [1.807, 2.05) is 6.92 Å². The number of hydrogen-bond acceptors (Lipinski definition) is 2. The molecule has 1 aliphatic rings. The lowest BCUT2D eigenvalue weighted by molar-refractivity contribution is -0.137. The summed E-state index contributed by atoms with van der Waals surface area (Å²) in [6.07, 6.45) is 3.38. The molecule has 74 valence electrons. The van der Waals surface area contributed by atoms with Crippen LogP contribution in [0.25, 0.3) is 0 Å². The maximum Gasteiger partial charge on any atom is 0.293 e. The van der Waals surface area contributed by atoms with E-state index < -0.39 is 0 Å². The molecule has 0 saturated heterocycles. The second-order valence-electron chi connectivity index (χ2n) is 4.14. The second-order valence-corrected chi connectivity index (χ2v) is 4.14. The zero-order valence-corrected chi connectivity index (χ0v) is 8.45. The summed E-state index contributed by atoms with van der Waals surface area (Å²) in [7, 11) is 0. The highest BCUT2D eigenvalue weighted by atomic mass is 16.5. The molecule has 0 amide bonds. The van der Waals surface area contributed by atoms with Crippen molar-refractivity contribution in [3.63, 3.8) is 0 Å². The Balaban J connectivity index is 2.59. The minimum atomic E-state index is 0.0683. The van der Waals surface area contributed by atoms with Crippen LogP contribution < -0.4 is 0 Å². The first-order valence-corrected chi connectivity index (χ1v) is 4.89. The van der Waals surface area contributed by atoms with E-state index in [2.05, 4.69) is 13.5 Å². The van der Waals surface area contributed by atoms with Crippen molar-refractivity contribution in [1.29, 1.82) is 0 Å². The predicted octanol–water partition coefficient (Wildman–Crippen LogP) is 2.54. The summed E-state index contributed by atoms with van der Waals surface area (Å²) in [5.74, 6) is 1.04. The fourth-order valence-corrected chi connectivity index (χ4v) is 2.11. The third kappa shape index (κ3) is 2.58. The van der Waals surface area contributed by atoms with Gasteiger partial charge in [0.1, 0.15) is 6.10 Å². The molecule has 2 heteroatoms. The topological polar surface area (TPSA) is 26.3 Å². The van der Waals surface area contributed by atoms with Crippen LogP contribution in [0.5, 0.6) is 0 Å². The van der Waals surface area contributed by atoms with E-state index in [-0.39, 0.29) is 6.10 Å². The van der Waals surface area contributed by atoms with Gasteiger partial charge in [0.25, 0.3) is 6.47 Å². The lowest BCUT2D eigenvalue weighted by Crippen LogP contribution is -2.31. The summed E-state index contributed by atoms with van der Waals surface area (Å²) in [4.78, 5) is 10.3. The van der Waals surface area contributed by atoms with Crippen molar-refractivity contribution >= 4 is 6.47 Å². The Morgan fingerprint density at radius 1 is 1.54 bits per heavy atom. The standard InChI is InChI=1S/C11H18O2/c1-8(2)10-5-4-9(3)6-11(10)13-7-12/h7,9-11H,1,4-6H2,2-3H3/t9-,10-,11-/m1/s1. The maximum atomic E-state index is 10.3. The monoisotopic (exact) mass is 182 g/mol. The molecular formula is C11H18O2. The molecule has 0 bridgehead atoms. The first-order valence-electron chi connectivity index (χ1n) is 4.89. The Hall–Kier alpha value is -0.790. The SMILES string of the molecule is C=C(C)[C@H]1CC[C@@H](C)C[C@H]1OC=O. The fraction of sp³-hybridized carbons (Fsp3) is 0.727. The van der Waals surface area contributed by atoms with E-state index in [9.17, 15) is 4.79 Å². The van der Waals surface area contributed by atoms with Crippen LogP contribution in [0.15, 0.2) is 12.2 Å². The van der Waals surface area contributed by atoms with Gasteiger partial charge in [-0.2, -0.15) is 0 Å². The van der Waals surface area contributed by atoms with Crippen molar-refractivity contribution in [2.24, 2.45) is 11.8 Å². The average molecular weight is 182 g/mol. The average Bonchev–Trinajstić information content (AvgIpc) is 2.04. The molecule has 1 fully saturated rings. The minimum Gasteiger partial charge on any atom is -0.464 e. The number of carbonyl (C=O) groups excluding carboxylic acids is 1. The van der Waals surface area contributed by atoms with Crippen LogP contribution in [0.3, 0.4) is 0 Å². The molecule has 1 aliphatic carbocycles. The summed E-state index contributed by atoms with van der Waals surface area (Å²) >= 11 is 0. The van der Waals surface area contributed by atoms with Gasteiger partial charge in [-0.1, -0.05) is 19.1 Å². The maximum absolute atomic E-state index is 10.3. The Morgan fingerprint density at radius 3 is 2.77 bits per heavy atom. The van der Waals surface area contributed by atoms with E-state index >= 15 is 0 Å². The summed E-state index contributed by atoms with van der Waals surface area (Å²) in [5, 5.41) is 0. The van der Waals surface area contributed by atoms with Gasteiger partial charge in [0.05, 0.1) is 0 Å². The van der Waals surface area contributed by atoms with Crippen molar-refractivity contribution in [1.82, 2.24) is 0 Å². The molecule has 0 radical (unpaired) electrons. The summed E-state index contributed by atoms with van der Waals surface area (Å²) in [6, 6.07) is 0. The van der Waals surface area contributed by atoms with Crippen LogP contribution >= 0.6 is 0 Å². The van der Waals surface area contributed by atoms with Crippen LogP contribution in [-0.4, -0.2) is 12.6 Å². The lowest BCUT2D eigenvalue weighted by Gasteiger charge is -2.33. The van der Waals surface area contributed by atoms with Gasteiger partial charge in [0, 0.05) is 5.92 Å². The molecule has 0 unspecified atom stereocenters. The zero-order valence-electron chi connectivity index (χ0n) is 8.45. The van der Waals surface area contributed by atoms with Gasteiger partial charge in [-0.15, -0.1) is 0 Å². The van der Waals surface area contributed by atoms with Crippen molar-refractivity contribution < 1.29 is 9.53 Å². The van der Waals surface area contributed by atoms with E-state index in [0.29, 0.717) is 18.3 Å². The Morgan fingerprint density at radius 2 is 2.23 bits per heavy atom. The number of hydrogen-bond donors (Lipinski definition) is 0. The molecule has 0 aliphatic heterocycles. The molecule has 3 atom stereocenters.